The summed E-state index contributed by atoms with van der Waals surface area (Å²) >= 11 is 0. The normalized spacial score (nSPS) is 18.4. The number of aliphatic hydroxyl groups is 1. The Morgan fingerprint density at radius 2 is 2.19 bits per heavy atom. The van der Waals surface area contributed by atoms with Gasteiger partial charge >= 0.3 is 0 Å². The molecule has 4 N–H and O–H groups in total. The number of benzene rings is 1. The first-order valence-corrected chi connectivity index (χ1v) is 7.44. The number of nitrogens with zero attached hydrogens (tertiary/aromatic N) is 3. The minimum atomic E-state index is 0.241. The van der Waals surface area contributed by atoms with Gasteiger partial charge in [0.05, 0.1) is 5.52 Å². The molecule has 3 rings (SSSR count). The second-order valence-electron chi connectivity index (χ2n) is 5.39. The van der Waals surface area contributed by atoms with Crippen molar-refractivity contribution in [3.63, 3.8) is 0 Å². The van der Waals surface area contributed by atoms with E-state index in [9.17, 15) is 0 Å². The van der Waals surface area contributed by atoms with Gasteiger partial charge < -0.3 is 10.0 Å². The molecule has 0 aliphatic carbocycles. The van der Waals surface area contributed by atoms with Crippen molar-refractivity contribution < 1.29 is 5.11 Å². The van der Waals surface area contributed by atoms with Crippen LogP contribution in [0.5, 0.6) is 0 Å². The Kier molecular flexibility index (Phi) is 4.17. The molecular weight excluding hydrogens is 266 g/mol. The van der Waals surface area contributed by atoms with Gasteiger partial charge in [-0.05, 0) is 37.8 Å². The van der Waals surface area contributed by atoms with E-state index in [2.05, 4.69) is 20.3 Å². The van der Waals surface area contributed by atoms with E-state index in [-0.39, 0.29) is 6.61 Å². The smallest absolute Gasteiger partial charge is 0.239 e. The molecule has 0 amide bonds. The Balaban J connectivity index is 2.01. The third-order valence-corrected chi connectivity index (χ3v) is 4.06. The molecule has 6 nitrogen and oxygen atoms in total. The van der Waals surface area contributed by atoms with Crippen LogP contribution in [0.1, 0.15) is 25.7 Å². The molecule has 112 valence electrons. The SMILES string of the molecule is NNc1nc(N2CCCC2CCCO)c2ccccc2n1. The van der Waals surface area contributed by atoms with Crippen molar-refractivity contribution in [1.29, 1.82) is 0 Å². The summed E-state index contributed by atoms with van der Waals surface area (Å²) in [6.07, 6.45) is 4.11. The van der Waals surface area contributed by atoms with Crippen LogP contribution in [-0.2, 0) is 0 Å². The molecule has 0 spiro atoms. The number of nitrogen functional groups attached to an aromatic ring is 1. The molecular formula is C15H21N5O. The number of hydrogen-bond donors (Lipinski definition) is 3. The van der Waals surface area contributed by atoms with Crippen LogP contribution in [0.2, 0.25) is 0 Å². The second kappa shape index (κ2) is 6.24. The van der Waals surface area contributed by atoms with E-state index in [0.717, 1.165) is 48.9 Å². The standard InChI is InChI=1S/C15H21N5O/c16-19-15-17-13-8-2-1-7-12(13)14(18-15)20-9-3-5-11(20)6-4-10-21/h1-2,7-8,11,21H,3-6,9-10,16H2,(H,17,18,19). The van der Waals surface area contributed by atoms with Crippen molar-refractivity contribution in [3.8, 4) is 0 Å². The summed E-state index contributed by atoms with van der Waals surface area (Å²) in [5.74, 6) is 6.88. The number of nitrogens with one attached hydrogen (secondary N) is 1. The Morgan fingerprint density at radius 3 is 3.00 bits per heavy atom. The van der Waals surface area contributed by atoms with Crippen LogP contribution < -0.4 is 16.2 Å². The van der Waals surface area contributed by atoms with Crippen molar-refractivity contribution in [2.45, 2.75) is 31.7 Å². The summed E-state index contributed by atoms with van der Waals surface area (Å²) in [6, 6.07) is 8.42. The summed E-state index contributed by atoms with van der Waals surface area (Å²) in [7, 11) is 0. The van der Waals surface area contributed by atoms with Gasteiger partial charge in [-0.25, -0.2) is 10.8 Å². The Bertz CT molecular complexity index is 618. The third-order valence-electron chi connectivity index (χ3n) is 4.06. The molecule has 1 saturated heterocycles. The first-order valence-electron chi connectivity index (χ1n) is 7.44. The Hall–Kier alpha value is -1.92. The van der Waals surface area contributed by atoms with E-state index in [1.807, 2.05) is 24.3 Å². The quantitative estimate of drug-likeness (QED) is 0.572. The van der Waals surface area contributed by atoms with Crippen molar-refractivity contribution in [2.24, 2.45) is 5.84 Å². The fourth-order valence-electron chi connectivity index (χ4n) is 3.08. The number of fused-ring (bicyclic) bond motifs is 1. The molecule has 1 aliphatic heterocycles. The molecule has 0 saturated carbocycles. The number of aliphatic hydroxyl groups excluding tert-OH is 1. The van der Waals surface area contributed by atoms with E-state index in [4.69, 9.17) is 10.9 Å². The van der Waals surface area contributed by atoms with E-state index in [1.165, 1.54) is 0 Å². The molecule has 2 aromatic rings. The van der Waals surface area contributed by atoms with Gasteiger partial charge in [-0.1, -0.05) is 12.1 Å². The number of hydrogen-bond acceptors (Lipinski definition) is 6. The Labute approximate surface area is 124 Å². The molecule has 6 heteroatoms. The first kappa shape index (κ1) is 14.0. The molecule has 1 fully saturated rings. The van der Waals surface area contributed by atoms with E-state index < -0.39 is 0 Å². The van der Waals surface area contributed by atoms with Crippen LogP contribution in [0.4, 0.5) is 11.8 Å². The number of hydrazine groups is 1. The van der Waals surface area contributed by atoms with E-state index in [0.29, 0.717) is 12.0 Å². The molecule has 2 heterocycles. The van der Waals surface area contributed by atoms with Gasteiger partial charge in [0.1, 0.15) is 5.82 Å². The van der Waals surface area contributed by atoms with Gasteiger partial charge in [0, 0.05) is 24.6 Å². The lowest BCUT2D eigenvalue weighted by atomic mass is 10.1. The number of nitrogens with two attached hydrogens (primary N) is 1. The molecule has 1 unspecified atom stereocenters. The molecule has 1 aromatic carbocycles. The highest BCUT2D eigenvalue weighted by Gasteiger charge is 2.27. The lowest BCUT2D eigenvalue weighted by molar-refractivity contribution is 0.279. The maximum absolute atomic E-state index is 9.07. The summed E-state index contributed by atoms with van der Waals surface area (Å²) in [4.78, 5) is 11.3. The van der Waals surface area contributed by atoms with Crippen LogP contribution in [0.15, 0.2) is 24.3 Å². The topological polar surface area (TPSA) is 87.3 Å². The van der Waals surface area contributed by atoms with Crippen LogP contribution in [0, 0.1) is 0 Å². The number of rotatable bonds is 5. The van der Waals surface area contributed by atoms with Crippen molar-refractivity contribution >= 4 is 22.7 Å². The predicted molar refractivity (Wildman–Crippen MR) is 84.0 cm³/mol. The maximum Gasteiger partial charge on any atom is 0.239 e. The van der Waals surface area contributed by atoms with Gasteiger partial charge in [-0.3, -0.25) is 5.43 Å². The lowest BCUT2D eigenvalue weighted by Crippen LogP contribution is -2.30. The van der Waals surface area contributed by atoms with Crippen LogP contribution in [0.25, 0.3) is 10.9 Å². The molecule has 1 atom stereocenters. The minimum Gasteiger partial charge on any atom is -0.396 e. The van der Waals surface area contributed by atoms with Gasteiger partial charge in [-0.2, -0.15) is 4.98 Å². The minimum absolute atomic E-state index is 0.241. The van der Waals surface area contributed by atoms with Crippen LogP contribution in [-0.4, -0.2) is 34.3 Å². The molecule has 0 radical (unpaired) electrons. The average Bonchev–Trinajstić information content (AvgIpc) is 3.00. The Morgan fingerprint density at radius 1 is 1.33 bits per heavy atom. The summed E-state index contributed by atoms with van der Waals surface area (Å²) in [6.45, 7) is 1.23. The largest absolute Gasteiger partial charge is 0.396 e. The van der Waals surface area contributed by atoms with Gasteiger partial charge in [0.2, 0.25) is 5.95 Å². The number of anilines is 2. The first-order chi connectivity index (χ1) is 10.3. The predicted octanol–water partition coefficient (Wildman–Crippen LogP) is 1.66. The van der Waals surface area contributed by atoms with Gasteiger partial charge in [0.15, 0.2) is 0 Å². The van der Waals surface area contributed by atoms with E-state index in [1.54, 1.807) is 0 Å². The number of aromatic nitrogens is 2. The maximum atomic E-state index is 9.07. The zero-order chi connectivity index (χ0) is 14.7. The zero-order valence-electron chi connectivity index (χ0n) is 12.0. The lowest BCUT2D eigenvalue weighted by Gasteiger charge is -2.27. The summed E-state index contributed by atoms with van der Waals surface area (Å²) < 4.78 is 0. The molecule has 1 aliphatic rings. The van der Waals surface area contributed by atoms with Crippen LogP contribution in [0.3, 0.4) is 0 Å². The van der Waals surface area contributed by atoms with E-state index >= 15 is 0 Å². The van der Waals surface area contributed by atoms with Crippen LogP contribution >= 0.6 is 0 Å². The summed E-state index contributed by atoms with van der Waals surface area (Å²) in [5.41, 5.74) is 3.44. The molecule has 0 bridgehead atoms. The number of para-hydroxylation sites is 1. The highest BCUT2D eigenvalue weighted by molar-refractivity contribution is 5.90. The fraction of sp³-hybridized carbons (Fsp3) is 0.467. The van der Waals surface area contributed by atoms with Crippen molar-refractivity contribution in [1.82, 2.24) is 9.97 Å². The molecule has 21 heavy (non-hydrogen) atoms. The molecule has 1 aromatic heterocycles. The highest BCUT2D eigenvalue weighted by atomic mass is 16.2. The van der Waals surface area contributed by atoms with Gasteiger partial charge in [-0.15, -0.1) is 0 Å². The zero-order valence-corrected chi connectivity index (χ0v) is 12.0. The fourth-order valence-corrected chi connectivity index (χ4v) is 3.08. The van der Waals surface area contributed by atoms with Gasteiger partial charge in [0.25, 0.3) is 0 Å². The second-order valence-corrected chi connectivity index (χ2v) is 5.39. The van der Waals surface area contributed by atoms with Crippen molar-refractivity contribution in [3.05, 3.63) is 24.3 Å². The third kappa shape index (κ3) is 2.77. The average molecular weight is 287 g/mol. The van der Waals surface area contributed by atoms with Crippen molar-refractivity contribution in [2.75, 3.05) is 23.5 Å². The highest BCUT2D eigenvalue weighted by Crippen LogP contribution is 2.32. The monoisotopic (exact) mass is 287 g/mol. The summed E-state index contributed by atoms with van der Waals surface area (Å²) in [5, 5.41) is 10.1.